The Hall–Kier alpha value is -6.60. The average molecular weight is 688 g/mol. The molecule has 5 aromatic rings. The van der Waals surface area contributed by atoms with Gasteiger partial charge >= 0.3 is 0 Å². The molecule has 5 rings (SSSR count). The van der Waals surface area contributed by atoms with Crippen molar-refractivity contribution in [3.8, 4) is 0 Å². The summed E-state index contributed by atoms with van der Waals surface area (Å²) in [4.78, 5) is 62.9. The third-order valence-electron chi connectivity index (χ3n) is 7.34. The highest BCUT2D eigenvalue weighted by atomic mass is 32.2. The van der Waals surface area contributed by atoms with Crippen LogP contribution in [0.15, 0.2) is 138 Å². The van der Waals surface area contributed by atoms with Gasteiger partial charge in [-0.15, -0.1) is 11.8 Å². The molecule has 250 valence electrons. The van der Waals surface area contributed by atoms with Gasteiger partial charge in [0.1, 0.15) is 10.9 Å². The predicted molar refractivity (Wildman–Crippen MR) is 192 cm³/mol. The number of hydrogen-bond donors (Lipinski definition) is 3. The van der Waals surface area contributed by atoms with Crippen molar-refractivity contribution in [2.24, 2.45) is 0 Å². The number of anilines is 2. The summed E-state index contributed by atoms with van der Waals surface area (Å²) in [5.74, 6) is -1.75. The highest BCUT2D eigenvalue weighted by molar-refractivity contribution is 8.00. The molecule has 12 nitrogen and oxygen atoms in total. The summed E-state index contributed by atoms with van der Waals surface area (Å²) in [5.41, 5.74) is 1.68. The second-order valence-electron chi connectivity index (χ2n) is 10.8. The van der Waals surface area contributed by atoms with Crippen molar-refractivity contribution in [2.75, 3.05) is 10.6 Å². The summed E-state index contributed by atoms with van der Waals surface area (Å²) in [5, 5.41) is 30.4. The van der Waals surface area contributed by atoms with Gasteiger partial charge in [-0.1, -0.05) is 72.8 Å². The Morgan fingerprint density at radius 2 is 1.42 bits per heavy atom. The van der Waals surface area contributed by atoms with Gasteiger partial charge in [0.2, 0.25) is 5.91 Å². The van der Waals surface area contributed by atoms with Crippen molar-refractivity contribution in [3.63, 3.8) is 0 Å². The maximum atomic E-state index is 13.7. The molecule has 0 aliphatic rings. The molecule has 1 atom stereocenters. The van der Waals surface area contributed by atoms with Crippen molar-refractivity contribution >= 4 is 58.3 Å². The molecule has 0 saturated carbocycles. The Morgan fingerprint density at radius 3 is 2.12 bits per heavy atom. The maximum absolute atomic E-state index is 13.7. The molecule has 0 saturated heterocycles. The predicted octanol–water partition coefficient (Wildman–Crippen LogP) is 7.69. The molecule has 0 radical (unpaired) electrons. The number of non-ortho nitro benzene ring substituents is 1. The van der Waals surface area contributed by atoms with E-state index in [2.05, 4.69) is 16.0 Å². The van der Waals surface area contributed by atoms with Gasteiger partial charge in [0.05, 0.1) is 21.1 Å². The molecule has 0 aliphatic heterocycles. The summed E-state index contributed by atoms with van der Waals surface area (Å²) >= 11 is 1.19. The van der Waals surface area contributed by atoms with Gasteiger partial charge in [0.15, 0.2) is 0 Å². The normalized spacial score (nSPS) is 11.6. The molecule has 3 amide bonds. The summed E-state index contributed by atoms with van der Waals surface area (Å²) in [6.45, 7) is 1.73. The minimum atomic E-state index is -0.792. The van der Waals surface area contributed by atoms with Crippen molar-refractivity contribution in [1.29, 1.82) is 0 Å². The van der Waals surface area contributed by atoms with E-state index in [0.29, 0.717) is 27.4 Å². The van der Waals surface area contributed by atoms with Gasteiger partial charge in [-0.25, -0.2) is 0 Å². The van der Waals surface area contributed by atoms with E-state index < -0.39 is 32.8 Å². The largest absolute Gasteiger partial charge is 0.324 e. The van der Waals surface area contributed by atoms with E-state index in [1.165, 1.54) is 48.2 Å². The third kappa shape index (κ3) is 8.85. The average Bonchev–Trinajstić information content (AvgIpc) is 3.12. The topological polar surface area (TPSA) is 174 Å². The summed E-state index contributed by atoms with van der Waals surface area (Å²) in [7, 11) is 0. The zero-order valence-corrected chi connectivity index (χ0v) is 27.3. The molecule has 0 aromatic heterocycles. The molecule has 13 heteroatoms. The molecule has 5 aromatic carbocycles. The van der Waals surface area contributed by atoms with Crippen molar-refractivity contribution in [1.82, 2.24) is 5.32 Å². The van der Waals surface area contributed by atoms with E-state index in [4.69, 9.17) is 0 Å². The minimum absolute atomic E-state index is 0.107. The Morgan fingerprint density at radius 1 is 0.740 bits per heavy atom. The number of nitrogens with one attached hydrogen (secondary N) is 3. The van der Waals surface area contributed by atoms with Crippen LogP contribution in [0.25, 0.3) is 6.08 Å². The van der Waals surface area contributed by atoms with E-state index in [9.17, 15) is 34.6 Å². The van der Waals surface area contributed by atoms with Crippen LogP contribution < -0.4 is 16.0 Å². The molecule has 0 bridgehead atoms. The highest BCUT2D eigenvalue weighted by Gasteiger charge is 2.24. The van der Waals surface area contributed by atoms with E-state index in [-0.39, 0.29) is 28.2 Å². The van der Waals surface area contributed by atoms with Crippen LogP contribution in [0.4, 0.5) is 22.7 Å². The van der Waals surface area contributed by atoms with Crippen LogP contribution in [0.3, 0.4) is 0 Å². The number of para-hydroxylation sites is 1. The number of thioether (sulfide) groups is 1. The van der Waals surface area contributed by atoms with Crippen molar-refractivity contribution < 1.29 is 24.2 Å². The SMILES string of the molecule is Cc1ccc([N+](=O)[O-])cc1NC(=O)C(Sc1cccc(NC(=O)/C(=C\c2ccccc2[N+](=O)[O-])NC(=O)c2ccccc2)c1)c1ccccc1. The molecule has 1 unspecified atom stereocenters. The van der Waals surface area contributed by atoms with Crippen LogP contribution in [-0.2, 0) is 9.59 Å². The Kier molecular flexibility index (Phi) is 11.1. The van der Waals surface area contributed by atoms with E-state index in [1.54, 1.807) is 97.9 Å². The minimum Gasteiger partial charge on any atom is -0.324 e. The van der Waals surface area contributed by atoms with Crippen molar-refractivity contribution in [3.05, 3.63) is 176 Å². The fraction of sp³-hybridized carbons (Fsp3) is 0.0541. The summed E-state index contributed by atoms with van der Waals surface area (Å²) in [6.07, 6.45) is 1.23. The molecule has 0 fully saturated rings. The number of carbonyl (C=O) groups excluding carboxylic acids is 3. The number of aryl methyl sites for hydroxylation is 1. The van der Waals surface area contributed by atoms with Crippen LogP contribution in [0, 0.1) is 27.2 Å². The van der Waals surface area contributed by atoms with Crippen LogP contribution in [-0.4, -0.2) is 27.6 Å². The first-order valence-electron chi connectivity index (χ1n) is 15.1. The molecular weight excluding hydrogens is 659 g/mol. The molecule has 50 heavy (non-hydrogen) atoms. The lowest BCUT2D eigenvalue weighted by molar-refractivity contribution is -0.385. The lowest BCUT2D eigenvalue weighted by Crippen LogP contribution is -2.30. The Balaban J connectivity index is 1.42. The van der Waals surface area contributed by atoms with Gasteiger partial charge in [-0.2, -0.15) is 0 Å². The number of hydrogen-bond acceptors (Lipinski definition) is 8. The molecule has 0 heterocycles. The Bertz CT molecular complexity index is 2110. The Labute approximate surface area is 290 Å². The van der Waals surface area contributed by atoms with Crippen LogP contribution in [0.5, 0.6) is 0 Å². The fourth-order valence-corrected chi connectivity index (χ4v) is 5.90. The maximum Gasteiger partial charge on any atom is 0.276 e. The number of nitrogens with zero attached hydrogens (tertiary/aromatic N) is 2. The second-order valence-corrected chi connectivity index (χ2v) is 12.0. The zero-order valence-electron chi connectivity index (χ0n) is 26.4. The van der Waals surface area contributed by atoms with E-state index in [0.717, 1.165) is 0 Å². The molecular formula is C37H29N5O7S. The van der Waals surface area contributed by atoms with Gasteiger partial charge in [-0.3, -0.25) is 34.6 Å². The van der Waals surface area contributed by atoms with E-state index >= 15 is 0 Å². The first kappa shape index (κ1) is 34.7. The fourth-order valence-electron chi connectivity index (χ4n) is 4.81. The standard InChI is InChI=1S/C37H29N5O7S/c1-24-19-20-29(41(46)47)23-31(24)39-37(45)34(25-11-4-2-5-12-25)50-30-17-10-16-28(22-30)38-36(44)32(40-35(43)26-13-6-3-7-14-26)21-27-15-8-9-18-33(27)42(48)49/h2-23,34H,1H3,(H,38,44)(H,39,45)(H,40,43)/b32-21+. The number of amides is 3. The number of benzene rings is 5. The highest BCUT2D eigenvalue weighted by Crippen LogP contribution is 2.38. The number of carbonyl (C=O) groups is 3. The number of rotatable bonds is 12. The van der Waals surface area contributed by atoms with Crippen LogP contribution in [0.1, 0.15) is 32.3 Å². The molecule has 0 aliphatic carbocycles. The molecule has 3 N–H and O–H groups in total. The van der Waals surface area contributed by atoms with Crippen LogP contribution in [0.2, 0.25) is 0 Å². The van der Waals surface area contributed by atoms with E-state index in [1.807, 2.05) is 6.07 Å². The van der Waals surface area contributed by atoms with Gasteiger partial charge in [-0.05, 0) is 60.5 Å². The first-order chi connectivity index (χ1) is 24.1. The van der Waals surface area contributed by atoms with Gasteiger partial charge in [0.25, 0.3) is 23.2 Å². The lowest BCUT2D eigenvalue weighted by Gasteiger charge is -2.18. The van der Waals surface area contributed by atoms with Gasteiger partial charge in [0, 0.05) is 34.3 Å². The van der Waals surface area contributed by atoms with Gasteiger partial charge < -0.3 is 16.0 Å². The quantitative estimate of drug-likeness (QED) is 0.0518. The smallest absolute Gasteiger partial charge is 0.276 e. The van der Waals surface area contributed by atoms with Crippen molar-refractivity contribution in [2.45, 2.75) is 17.1 Å². The second kappa shape index (κ2) is 16.0. The number of nitro benzene ring substituents is 2. The summed E-state index contributed by atoms with van der Waals surface area (Å²) < 4.78 is 0. The van der Waals surface area contributed by atoms with Crippen LogP contribution >= 0.6 is 11.8 Å². The monoisotopic (exact) mass is 687 g/mol. The third-order valence-corrected chi connectivity index (χ3v) is 8.59. The molecule has 0 spiro atoms. The lowest BCUT2D eigenvalue weighted by atomic mass is 10.1. The first-order valence-corrected chi connectivity index (χ1v) is 16.0. The number of nitro groups is 2. The summed E-state index contributed by atoms with van der Waals surface area (Å²) in [6, 6.07) is 33.9. The zero-order chi connectivity index (χ0) is 35.6.